The highest BCUT2D eigenvalue weighted by molar-refractivity contribution is 7.15. The third-order valence-electron chi connectivity index (χ3n) is 3.40. The minimum absolute atomic E-state index is 0.624. The molecule has 1 aromatic heterocycles. The maximum absolute atomic E-state index is 5.58. The van der Waals surface area contributed by atoms with Gasteiger partial charge in [-0.25, -0.2) is 0 Å². The first-order valence-corrected chi connectivity index (χ1v) is 5.77. The molecule has 0 aliphatic heterocycles. The van der Waals surface area contributed by atoms with Gasteiger partial charge < -0.3 is 5.73 Å². The lowest BCUT2D eigenvalue weighted by Gasteiger charge is -2.04. The summed E-state index contributed by atoms with van der Waals surface area (Å²) in [5, 5.41) is 9.84. The Hall–Kier alpha value is -0.640. The van der Waals surface area contributed by atoms with Crippen molar-refractivity contribution in [1.82, 2.24) is 10.2 Å². The highest BCUT2D eigenvalue weighted by Crippen LogP contribution is 2.61. The molecule has 70 valence electrons. The van der Waals surface area contributed by atoms with Crippen molar-refractivity contribution in [2.24, 2.45) is 11.8 Å². The van der Waals surface area contributed by atoms with Crippen molar-refractivity contribution in [2.45, 2.75) is 31.6 Å². The van der Waals surface area contributed by atoms with Gasteiger partial charge in [-0.1, -0.05) is 24.2 Å². The summed E-state index contributed by atoms with van der Waals surface area (Å²) in [4.78, 5) is 0. The lowest BCUT2D eigenvalue weighted by molar-refractivity contribution is 0.480. The molecular weight excluding hydrogens is 182 g/mol. The molecule has 0 bridgehead atoms. The fraction of sp³-hybridized carbons (Fsp3) is 0.778. The molecule has 3 rings (SSSR count). The van der Waals surface area contributed by atoms with Crippen LogP contribution in [0.25, 0.3) is 0 Å². The molecule has 2 unspecified atom stereocenters. The summed E-state index contributed by atoms with van der Waals surface area (Å²) in [5.41, 5.74) is 5.58. The van der Waals surface area contributed by atoms with E-state index in [4.69, 9.17) is 5.73 Å². The van der Waals surface area contributed by atoms with Gasteiger partial charge in [-0.05, 0) is 24.7 Å². The van der Waals surface area contributed by atoms with Crippen molar-refractivity contribution >= 4 is 16.5 Å². The van der Waals surface area contributed by atoms with Crippen LogP contribution < -0.4 is 5.73 Å². The third-order valence-corrected chi connectivity index (χ3v) is 4.25. The zero-order valence-electron chi connectivity index (χ0n) is 7.44. The molecule has 4 heteroatoms. The van der Waals surface area contributed by atoms with E-state index in [2.05, 4.69) is 10.2 Å². The molecule has 0 radical (unpaired) electrons. The normalized spacial score (nSPS) is 37.1. The smallest absolute Gasteiger partial charge is 0.203 e. The fourth-order valence-corrected chi connectivity index (χ4v) is 3.60. The fourth-order valence-electron chi connectivity index (χ4n) is 2.74. The number of rotatable bonds is 1. The van der Waals surface area contributed by atoms with Gasteiger partial charge in [-0.2, -0.15) is 0 Å². The number of anilines is 1. The van der Waals surface area contributed by atoms with Crippen molar-refractivity contribution in [3.8, 4) is 0 Å². The Balaban J connectivity index is 1.81. The molecule has 0 amide bonds. The molecular formula is C9H13N3S. The SMILES string of the molecule is Nc1nnc(C2C3CCCCC32)s1. The number of hydrogen-bond acceptors (Lipinski definition) is 4. The van der Waals surface area contributed by atoms with E-state index in [9.17, 15) is 0 Å². The Morgan fingerprint density at radius 3 is 2.38 bits per heavy atom. The first-order chi connectivity index (χ1) is 6.36. The number of nitrogens with zero attached hydrogens (tertiary/aromatic N) is 2. The number of fused-ring (bicyclic) bond motifs is 1. The van der Waals surface area contributed by atoms with Gasteiger partial charge in [0.1, 0.15) is 5.01 Å². The van der Waals surface area contributed by atoms with Gasteiger partial charge in [0.05, 0.1) is 0 Å². The molecule has 2 N–H and O–H groups in total. The lowest BCUT2D eigenvalue weighted by Crippen LogP contribution is -1.91. The second-order valence-electron chi connectivity index (χ2n) is 4.12. The molecule has 0 saturated heterocycles. The molecule has 2 saturated carbocycles. The molecule has 0 spiro atoms. The molecule has 13 heavy (non-hydrogen) atoms. The Labute approximate surface area is 81.4 Å². The molecule has 3 nitrogen and oxygen atoms in total. The quantitative estimate of drug-likeness (QED) is 0.746. The van der Waals surface area contributed by atoms with Crippen molar-refractivity contribution in [3.63, 3.8) is 0 Å². The van der Waals surface area contributed by atoms with Gasteiger partial charge in [0, 0.05) is 5.92 Å². The van der Waals surface area contributed by atoms with Crippen LogP contribution in [0.2, 0.25) is 0 Å². The summed E-state index contributed by atoms with van der Waals surface area (Å²) in [6.45, 7) is 0. The summed E-state index contributed by atoms with van der Waals surface area (Å²) in [7, 11) is 0. The summed E-state index contributed by atoms with van der Waals surface area (Å²) in [5.74, 6) is 2.56. The van der Waals surface area contributed by atoms with Crippen LogP contribution in [-0.4, -0.2) is 10.2 Å². The highest BCUT2D eigenvalue weighted by atomic mass is 32.1. The Kier molecular flexibility index (Phi) is 1.59. The van der Waals surface area contributed by atoms with Gasteiger partial charge in [0.2, 0.25) is 5.13 Å². The van der Waals surface area contributed by atoms with E-state index in [1.165, 1.54) is 30.7 Å². The predicted molar refractivity (Wildman–Crippen MR) is 52.5 cm³/mol. The van der Waals surface area contributed by atoms with Crippen LogP contribution in [0.4, 0.5) is 5.13 Å². The van der Waals surface area contributed by atoms with Gasteiger partial charge in [-0.3, -0.25) is 0 Å². The van der Waals surface area contributed by atoms with Crippen LogP contribution >= 0.6 is 11.3 Å². The zero-order chi connectivity index (χ0) is 8.84. The minimum atomic E-state index is 0.624. The summed E-state index contributed by atoms with van der Waals surface area (Å²) in [6.07, 6.45) is 5.61. The van der Waals surface area contributed by atoms with Crippen LogP contribution in [0.1, 0.15) is 36.6 Å². The third kappa shape index (κ3) is 1.15. The molecule has 2 aliphatic carbocycles. The standard InChI is InChI=1S/C9H13N3S/c10-9-12-11-8(13-9)7-5-3-1-2-4-6(5)7/h5-7H,1-4H2,(H2,10,12). The molecule has 2 fully saturated rings. The van der Waals surface area contributed by atoms with Crippen molar-refractivity contribution in [3.05, 3.63) is 5.01 Å². The van der Waals surface area contributed by atoms with Gasteiger partial charge in [0.25, 0.3) is 0 Å². The molecule has 0 aromatic carbocycles. The van der Waals surface area contributed by atoms with E-state index in [0.717, 1.165) is 17.8 Å². The minimum Gasteiger partial charge on any atom is -0.374 e. The number of nitrogens with two attached hydrogens (primary N) is 1. The number of hydrogen-bond donors (Lipinski definition) is 1. The van der Waals surface area contributed by atoms with E-state index in [1.54, 1.807) is 11.3 Å². The number of nitrogen functional groups attached to an aromatic ring is 1. The van der Waals surface area contributed by atoms with Gasteiger partial charge >= 0.3 is 0 Å². The first-order valence-electron chi connectivity index (χ1n) is 4.95. The maximum Gasteiger partial charge on any atom is 0.203 e. The second kappa shape index (κ2) is 2.67. The van der Waals surface area contributed by atoms with Crippen molar-refractivity contribution < 1.29 is 0 Å². The summed E-state index contributed by atoms with van der Waals surface area (Å²) < 4.78 is 0. The van der Waals surface area contributed by atoms with E-state index in [0.29, 0.717) is 5.13 Å². The van der Waals surface area contributed by atoms with E-state index >= 15 is 0 Å². The topological polar surface area (TPSA) is 51.8 Å². The monoisotopic (exact) mass is 195 g/mol. The van der Waals surface area contributed by atoms with E-state index in [1.807, 2.05) is 0 Å². The Morgan fingerprint density at radius 1 is 1.15 bits per heavy atom. The summed E-state index contributed by atoms with van der Waals surface area (Å²) >= 11 is 1.58. The van der Waals surface area contributed by atoms with Crippen LogP contribution in [-0.2, 0) is 0 Å². The molecule has 2 atom stereocenters. The molecule has 2 aliphatic rings. The Bertz CT molecular complexity index is 310. The van der Waals surface area contributed by atoms with Crippen LogP contribution in [0.5, 0.6) is 0 Å². The zero-order valence-corrected chi connectivity index (χ0v) is 8.26. The highest BCUT2D eigenvalue weighted by Gasteiger charge is 2.52. The van der Waals surface area contributed by atoms with E-state index < -0.39 is 0 Å². The van der Waals surface area contributed by atoms with Crippen LogP contribution in [0, 0.1) is 11.8 Å². The number of aromatic nitrogens is 2. The maximum atomic E-state index is 5.58. The lowest BCUT2D eigenvalue weighted by atomic mass is 10.0. The average Bonchev–Trinajstić information content (AvgIpc) is 2.73. The average molecular weight is 195 g/mol. The van der Waals surface area contributed by atoms with Crippen molar-refractivity contribution in [1.29, 1.82) is 0 Å². The Morgan fingerprint density at radius 2 is 1.85 bits per heavy atom. The van der Waals surface area contributed by atoms with Crippen molar-refractivity contribution in [2.75, 3.05) is 5.73 Å². The molecule has 1 heterocycles. The first kappa shape index (κ1) is 7.74. The van der Waals surface area contributed by atoms with Gasteiger partial charge in [-0.15, -0.1) is 10.2 Å². The summed E-state index contributed by atoms with van der Waals surface area (Å²) in [6, 6.07) is 0. The van der Waals surface area contributed by atoms with E-state index in [-0.39, 0.29) is 0 Å². The largest absolute Gasteiger partial charge is 0.374 e. The van der Waals surface area contributed by atoms with Crippen LogP contribution in [0.15, 0.2) is 0 Å². The molecule has 1 aromatic rings. The van der Waals surface area contributed by atoms with Crippen LogP contribution in [0.3, 0.4) is 0 Å². The van der Waals surface area contributed by atoms with Gasteiger partial charge in [0.15, 0.2) is 0 Å². The predicted octanol–water partition coefficient (Wildman–Crippen LogP) is 2.02. The second-order valence-corrected chi connectivity index (χ2v) is 5.16.